The average Bonchev–Trinajstić information content (AvgIpc) is 2.78. The highest BCUT2D eigenvalue weighted by Crippen LogP contribution is 2.19. The van der Waals surface area contributed by atoms with E-state index in [0.717, 1.165) is 15.4 Å². The van der Waals surface area contributed by atoms with Gasteiger partial charge in [0.15, 0.2) is 0 Å². The number of sulfonamides is 1. The lowest BCUT2D eigenvalue weighted by Gasteiger charge is -2.31. The van der Waals surface area contributed by atoms with Crippen LogP contribution in [0.25, 0.3) is 0 Å². The number of aryl methyl sites for hydroxylation is 1. The zero-order chi connectivity index (χ0) is 23.9. The van der Waals surface area contributed by atoms with Crippen LogP contribution < -0.4 is 10.1 Å². The lowest BCUT2D eigenvalue weighted by Crippen LogP contribution is -2.51. The van der Waals surface area contributed by atoms with Gasteiger partial charge in [0.05, 0.1) is 18.6 Å². The summed E-state index contributed by atoms with van der Waals surface area (Å²) in [7, 11) is 0.553. The molecule has 2 amide bonds. The monoisotopic (exact) mass is 461 g/mol. The molecule has 1 atom stereocenters. The summed E-state index contributed by atoms with van der Waals surface area (Å²) in [6.07, 6.45) is 0.379. The fourth-order valence-corrected chi connectivity index (χ4v) is 4.43. The maximum atomic E-state index is 13.3. The van der Waals surface area contributed by atoms with Crippen molar-refractivity contribution in [3.05, 3.63) is 59.7 Å². The molecular formula is C23H31N3O5S. The minimum atomic E-state index is -3.86. The van der Waals surface area contributed by atoms with Gasteiger partial charge in [-0.2, -0.15) is 4.31 Å². The first-order valence-corrected chi connectivity index (χ1v) is 11.7. The summed E-state index contributed by atoms with van der Waals surface area (Å²) >= 11 is 0. The Bertz CT molecular complexity index is 1040. The number of benzene rings is 2. The van der Waals surface area contributed by atoms with Crippen LogP contribution in [0.15, 0.2) is 53.4 Å². The van der Waals surface area contributed by atoms with Gasteiger partial charge in [-0.1, -0.05) is 36.8 Å². The van der Waals surface area contributed by atoms with E-state index in [-0.39, 0.29) is 17.3 Å². The Hall–Kier alpha value is -2.91. The van der Waals surface area contributed by atoms with Crippen LogP contribution in [0.5, 0.6) is 5.75 Å². The Morgan fingerprint density at radius 1 is 1.12 bits per heavy atom. The first-order chi connectivity index (χ1) is 15.1. The fourth-order valence-electron chi connectivity index (χ4n) is 3.31. The highest BCUT2D eigenvalue weighted by Gasteiger charge is 2.31. The molecule has 2 aromatic carbocycles. The highest BCUT2D eigenvalue weighted by molar-refractivity contribution is 7.89. The third-order valence-electron chi connectivity index (χ3n) is 5.21. The molecule has 0 aliphatic rings. The molecule has 2 aromatic rings. The first kappa shape index (κ1) is 25.4. The van der Waals surface area contributed by atoms with Crippen molar-refractivity contribution in [2.75, 3.05) is 27.7 Å². The van der Waals surface area contributed by atoms with Crippen molar-refractivity contribution < 1.29 is 22.7 Å². The van der Waals surface area contributed by atoms with E-state index in [9.17, 15) is 18.0 Å². The number of ether oxygens (including phenoxy) is 1. The molecule has 0 saturated carbocycles. The molecule has 174 valence electrons. The Morgan fingerprint density at radius 3 is 2.34 bits per heavy atom. The van der Waals surface area contributed by atoms with E-state index in [1.807, 2.05) is 13.0 Å². The van der Waals surface area contributed by atoms with Gasteiger partial charge in [0, 0.05) is 20.6 Å². The van der Waals surface area contributed by atoms with Gasteiger partial charge in [-0.15, -0.1) is 0 Å². The van der Waals surface area contributed by atoms with Crippen LogP contribution in [0, 0.1) is 6.92 Å². The van der Waals surface area contributed by atoms with Gasteiger partial charge in [0.25, 0.3) is 0 Å². The molecule has 0 fully saturated rings. The molecule has 0 radical (unpaired) electrons. The molecule has 32 heavy (non-hydrogen) atoms. The van der Waals surface area contributed by atoms with Crippen molar-refractivity contribution in [1.29, 1.82) is 0 Å². The summed E-state index contributed by atoms with van der Waals surface area (Å²) in [6.45, 7) is 3.41. The van der Waals surface area contributed by atoms with E-state index in [1.54, 1.807) is 44.4 Å². The van der Waals surface area contributed by atoms with E-state index in [1.165, 1.54) is 31.1 Å². The summed E-state index contributed by atoms with van der Waals surface area (Å²) in [6, 6.07) is 12.9. The number of hydrogen-bond acceptors (Lipinski definition) is 5. The predicted octanol–water partition coefficient (Wildman–Crippen LogP) is 2.18. The maximum Gasteiger partial charge on any atom is 0.243 e. The van der Waals surface area contributed by atoms with Crippen LogP contribution in [0.1, 0.15) is 24.5 Å². The zero-order valence-corrected chi connectivity index (χ0v) is 20.0. The molecule has 2 rings (SSSR count). The number of amides is 2. The van der Waals surface area contributed by atoms with Crippen molar-refractivity contribution >= 4 is 21.8 Å². The molecule has 0 heterocycles. The number of methoxy groups -OCH3 is 1. The standard InChI is InChI=1S/C23H31N3O5S/c1-6-21(23(28)24-3)26(15-18-8-7-9-19(14-18)31-5)22(27)16-25(4)32(29,30)20-12-10-17(2)11-13-20/h7-14,21H,6,15-16H2,1-5H3,(H,24,28). The fraction of sp³-hybridized carbons (Fsp3) is 0.391. The molecular weight excluding hydrogens is 430 g/mol. The molecule has 0 aromatic heterocycles. The third-order valence-corrected chi connectivity index (χ3v) is 7.02. The summed E-state index contributed by atoms with van der Waals surface area (Å²) in [5.74, 6) is -0.156. The Labute approximate surface area is 190 Å². The Kier molecular flexibility index (Phi) is 8.80. The Balaban J connectivity index is 2.31. The van der Waals surface area contributed by atoms with Crippen molar-refractivity contribution in [2.45, 2.75) is 37.8 Å². The van der Waals surface area contributed by atoms with Crippen molar-refractivity contribution in [2.24, 2.45) is 0 Å². The van der Waals surface area contributed by atoms with E-state index in [0.29, 0.717) is 12.2 Å². The average molecular weight is 462 g/mol. The maximum absolute atomic E-state index is 13.3. The number of rotatable bonds is 10. The lowest BCUT2D eigenvalue weighted by atomic mass is 10.1. The number of hydrogen-bond donors (Lipinski definition) is 1. The van der Waals surface area contributed by atoms with Crippen LogP contribution in [-0.4, -0.2) is 63.2 Å². The molecule has 0 bridgehead atoms. The van der Waals surface area contributed by atoms with Gasteiger partial charge in [-0.05, 0) is 43.2 Å². The highest BCUT2D eigenvalue weighted by atomic mass is 32.2. The quantitative estimate of drug-likeness (QED) is 0.585. The SMILES string of the molecule is CCC(C(=O)NC)N(Cc1cccc(OC)c1)C(=O)CN(C)S(=O)(=O)c1ccc(C)cc1. The molecule has 8 nitrogen and oxygen atoms in total. The first-order valence-electron chi connectivity index (χ1n) is 10.3. The van der Waals surface area contributed by atoms with Gasteiger partial charge in [-0.3, -0.25) is 9.59 Å². The van der Waals surface area contributed by atoms with E-state index in [2.05, 4.69) is 5.32 Å². The minimum Gasteiger partial charge on any atom is -0.497 e. The normalized spacial score (nSPS) is 12.3. The van der Waals surface area contributed by atoms with Gasteiger partial charge in [-0.25, -0.2) is 8.42 Å². The second-order valence-electron chi connectivity index (χ2n) is 7.49. The number of nitrogens with one attached hydrogen (secondary N) is 1. The third kappa shape index (κ3) is 6.08. The van der Waals surface area contributed by atoms with Gasteiger partial charge in [0.2, 0.25) is 21.8 Å². The molecule has 0 aliphatic heterocycles. The van der Waals surface area contributed by atoms with Gasteiger partial charge >= 0.3 is 0 Å². The van der Waals surface area contributed by atoms with Crippen LogP contribution in [0.4, 0.5) is 0 Å². The second-order valence-corrected chi connectivity index (χ2v) is 9.53. The molecule has 0 aliphatic carbocycles. The number of carbonyl (C=O) groups is 2. The summed E-state index contributed by atoms with van der Waals surface area (Å²) in [5.41, 5.74) is 1.70. The number of carbonyl (C=O) groups excluding carboxylic acids is 2. The van der Waals surface area contributed by atoms with Crippen molar-refractivity contribution in [1.82, 2.24) is 14.5 Å². The second kappa shape index (κ2) is 11.1. The van der Waals surface area contributed by atoms with E-state index in [4.69, 9.17) is 4.74 Å². The molecule has 0 saturated heterocycles. The van der Waals surface area contributed by atoms with Crippen LogP contribution in [-0.2, 0) is 26.2 Å². The zero-order valence-electron chi connectivity index (χ0n) is 19.2. The largest absolute Gasteiger partial charge is 0.497 e. The Morgan fingerprint density at radius 2 is 1.78 bits per heavy atom. The summed E-state index contributed by atoms with van der Waals surface area (Å²) < 4.78 is 32.1. The topological polar surface area (TPSA) is 96.0 Å². The summed E-state index contributed by atoms with van der Waals surface area (Å²) in [5, 5.41) is 2.58. The number of likely N-dealkylation sites (N-methyl/N-ethyl adjacent to an activating group) is 2. The van der Waals surface area contributed by atoms with Crippen LogP contribution in [0.3, 0.4) is 0 Å². The lowest BCUT2D eigenvalue weighted by molar-refractivity contribution is -0.141. The van der Waals surface area contributed by atoms with Crippen LogP contribution >= 0.6 is 0 Å². The van der Waals surface area contributed by atoms with Crippen LogP contribution in [0.2, 0.25) is 0 Å². The van der Waals surface area contributed by atoms with Crippen molar-refractivity contribution in [3.63, 3.8) is 0 Å². The number of nitrogens with zero attached hydrogens (tertiary/aromatic N) is 2. The molecule has 0 spiro atoms. The molecule has 1 N–H and O–H groups in total. The van der Waals surface area contributed by atoms with Gasteiger partial charge < -0.3 is 15.0 Å². The molecule has 9 heteroatoms. The minimum absolute atomic E-state index is 0.107. The van der Waals surface area contributed by atoms with E-state index < -0.39 is 28.5 Å². The van der Waals surface area contributed by atoms with E-state index >= 15 is 0 Å². The molecule has 1 unspecified atom stereocenters. The summed E-state index contributed by atoms with van der Waals surface area (Å²) in [4.78, 5) is 27.3. The van der Waals surface area contributed by atoms with Crippen molar-refractivity contribution in [3.8, 4) is 5.75 Å². The van der Waals surface area contributed by atoms with Gasteiger partial charge in [0.1, 0.15) is 11.8 Å². The smallest absolute Gasteiger partial charge is 0.243 e. The predicted molar refractivity (Wildman–Crippen MR) is 123 cm³/mol.